The van der Waals surface area contributed by atoms with E-state index in [1.54, 1.807) is 6.92 Å². The standard InChI is InChI=1S/C14H21N5O4/c1-9(13(21)23-3)16-12(20)10-8-11(22-2)18-14(17-10)19-6-4-15-5-7-19/h8-9,15H,4-7H2,1-3H3,(H,16,20)/t9-/m1/s1. The Bertz CT molecular complexity index is 574. The van der Waals surface area contributed by atoms with Crippen LogP contribution in [0.3, 0.4) is 0 Å². The Kier molecular flexibility index (Phi) is 5.69. The summed E-state index contributed by atoms with van der Waals surface area (Å²) in [5.41, 5.74) is 0.140. The first-order valence-electron chi connectivity index (χ1n) is 7.32. The van der Waals surface area contributed by atoms with Gasteiger partial charge in [-0.15, -0.1) is 0 Å². The Labute approximate surface area is 134 Å². The third-order valence-electron chi connectivity index (χ3n) is 3.43. The second kappa shape index (κ2) is 7.73. The fourth-order valence-corrected chi connectivity index (χ4v) is 2.15. The lowest BCUT2D eigenvalue weighted by molar-refractivity contribution is -0.142. The van der Waals surface area contributed by atoms with Crippen molar-refractivity contribution in [2.75, 3.05) is 45.3 Å². The molecular formula is C14H21N5O4. The first kappa shape index (κ1) is 16.9. The number of rotatable bonds is 5. The minimum absolute atomic E-state index is 0.140. The molecule has 1 saturated heterocycles. The van der Waals surface area contributed by atoms with E-state index in [1.165, 1.54) is 20.3 Å². The highest BCUT2D eigenvalue weighted by molar-refractivity contribution is 5.95. The van der Waals surface area contributed by atoms with Gasteiger partial charge in [-0.05, 0) is 6.92 Å². The number of piperazine rings is 1. The van der Waals surface area contributed by atoms with E-state index >= 15 is 0 Å². The van der Waals surface area contributed by atoms with Crippen molar-refractivity contribution in [3.8, 4) is 5.88 Å². The summed E-state index contributed by atoms with van der Waals surface area (Å²) in [6.45, 7) is 4.67. The largest absolute Gasteiger partial charge is 0.481 e. The van der Waals surface area contributed by atoms with Crippen molar-refractivity contribution in [2.45, 2.75) is 13.0 Å². The molecule has 126 valence electrons. The number of nitrogens with zero attached hydrogens (tertiary/aromatic N) is 3. The molecule has 0 unspecified atom stereocenters. The molecule has 1 atom stereocenters. The van der Waals surface area contributed by atoms with Gasteiger partial charge < -0.3 is 25.0 Å². The van der Waals surface area contributed by atoms with Crippen molar-refractivity contribution >= 4 is 17.8 Å². The summed E-state index contributed by atoms with van der Waals surface area (Å²) in [6.07, 6.45) is 0. The first-order valence-corrected chi connectivity index (χ1v) is 7.32. The van der Waals surface area contributed by atoms with Crippen LogP contribution in [0, 0.1) is 0 Å². The van der Waals surface area contributed by atoms with Gasteiger partial charge in [-0.2, -0.15) is 4.98 Å². The lowest BCUT2D eigenvalue weighted by atomic mass is 10.3. The van der Waals surface area contributed by atoms with Crippen LogP contribution in [-0.4, -0.2) is 68.3 Å². The molecule has 9 heteroatoms. The van der Waals surface area contributed by atoms with Crippen molar-refractivity contribution in [1.82, 2.24) is 20.6 Å². The summed E-state index contributed by atoms with van der Waals surface area (Å²) in [7, 11) is 2.74. The number of anilines is 1. The molecule has 1 aliphatic rings. The molecule has 1 fully saturated rings. The number of methoxy groups -OCH3 is 2. The molecule has 1 amide bonds. The van der Waals surface area contributed by atoms with Crippen LogP contribution < -0.4 is 20.3 Å². The van der Waals surface area contributed by atoms with Gasteiger partial charge in [0.25, 0.3) is 5.91 Å². The number of aromatic nitrogens is 2. The Morgan fingerprint density at radius 2 is 2.00 bits per heavy atom. The first-order chi connectivity index (χ1) is 11.0. The maximum Gasteiger partial charge on any atom is 0.328 e. The van der Waals surface area contributed by atoms with Gasteiger partial charge in [0, 0.05) is 32.2 Å². The summed E-state index contributed by atoms with van der Waals surface area (Å²) < 4.78 is 9.73. The number of esters is 1. The van der Waals surface area contributed by atoms with Crippen molar-refractivity contribution in [1.29, 1.82) is 0 Å². The number of carbonyl (C=O) groups is 2. The van der Waals surface area contributed by atoms with Gasteiger partial charge in [0.05, 0.1) is 14.2 Å². The van der Waals surface area contributed by atoms with E-state index in [0.717, 1.165) is 26.2 Å². The fraction of sp³-hybridized carbons (Fsp3) is 0.571. The zero-order valence-corrected chi connectivity index (χ0v) is 13.5. The average molecular weight is 323 g/mol. The Morgan fingerprint density at radius 3 is 2.61 bits per heavy atom. The monoisotopic (exact) mass is 323 g/mol. The molecule has 0 bridgehead atoms. The second-order valence-corrected chi connectivity index (χ2v) is 5.05. The van der Waals surface area contributed by atoms with Crippen LogP contribution in [-0.2, 0) is 9.53 Å². The van der Waals surface area contributed by atoms with Gasteiger partial charge in [0.1, 0.15) is 11.7 Å². The molecule has 0 spiro atoms. The molecule has 1 aromatic rings. The third-order valence-corrected chi connectivity index (χ3v) is 3.43. The summed E-state index contributed by atoms with van der Waals surface area (Å²) in [6, 6.07) is 0.668. The van der Waals surface area contributed by atoms with E-state index in [0.29, 0.717) is 11.8 Å². The van der Waals surface area contributed by atoms with Crippen LogP contribution in [0.2, 0.25) is 0 Å². The maximum atomic E-state index is 12.3. The molecule has 0 aliphatic carbocycles. The Hall–Kier alpha value is -2.42. The van der Waals surface area contributed by atoms with Crippen LogP contribution in [0.1, 0.15) is 17.4 Å². The van der Waals surface area contributed by atoms with E-state index in [9.17, 15) is 9.59 Å². The van der Waals surface area contributed by atoms with E-state index in [-0.39, 0.29) is 5.69 Å². The van der Waals surface area contributed by atoms with Gasteiger partial charge >= 0.3 is 5.97 Å². The molecule has 1 aromatic heterocycles. The smallest absolute Gasteiger partial charge is 0.328 e. The lowest BCUT2D eigenvalue weighted by Gasteiger charge is -2.27. The van der Waals surface area contributed by atoms with E-state index in [2.05, 4.69) is 25.3 Å². The van der Waals surface area contributed by atoms with E-state index < -0.39 is 17.9 Å². The summed E-state index contributed by atoms with van der Waals surface area (Å²) in [4.78, 5) is 34.2. The van der Waals surface area contributed by atoms with Gasteiger partial charge in [-0.25, -0.2) is 9.78 Å². The third kappa shape index (κ3) is 4.28. The number of hydrogen-bond acceptors (Lipinski definition) is 8. The summed E-state index contributed by atoms with van der Waals surface area (Å²) in [5, 5.41) is 5.77. The van der Waals surface area contributed by atoms with Crippen LogP contribution >= 0.6 is 0 Å². The highest BCUT2D eigenvalue weighted by Crippen LogP contribution is 2.16. The molecule has 9 nitrogen and oxygen atoms in total. The van der Waals surface area contributed by atoms with Crippen LogP contribution in [0.15, 0.2) is 6.07 Å². The predicted octanol–water partition coefficient (Wildman–Crippen LogP) is -0.814. The van der Waals surface area contributed by atoms with Crippen molar-refractivity contribution in [3.63, 3.8) is 0 Å². The molecular weight excluding hydrogens is 302 g/mol. The van der Waals surface area contributed by atoms with Gasteiger partial charge in [0.15, 0.2) is 0 Å². The van der Waals surface area contributed by atoms with Gasteiger partial charge in [-0.3, -0.25) is 4.79 Å². The summed E-state index contributed by atoms with van der Waals surface area (Å²) >= 11 is 0. The zero-order valence-electron chi connectivity index (χ0n) is 13.5. The molecule has 0 aromatic carbocycles. The minimum atomic E-state index is -0.768. The molecule has 0 radical (unpaired) electrons. The second-order valence-electron chi connectivity index (χ2n) is 5.05. The fourth-order valence-electron chi connectivity index (χ4n) is 2.15. The van der Waals surface area contributed by atoms with Crippen molar-refractivity contribution in [2.24, 2.45) is 0 Å². The summed E-state index contributed by atoms with van der Waals surface area (Å²) in [5.74, 6) is -0.284. The molecule has 0 saturated carbocycles. The normalized spacial score (nSPS) is 15.7. The highest BCUT2D eigenvalue weighted by Gasteiger charge is 2.21. The number of amides is 1. The molecule has 23 heavy (non-hydrogen) atoms. The Morgan fingerprint density at radius 1 is 1.30 bits per heavy atom. The lowest BCUT2D eigenvalue weighted by Crippen LogP contribution is -2.44. The number of nitrogens with one attached hydrogen (secondary N) is 2. The molecule has 1 aliphatic heterocycles. The number of hydrogen-bond donors (Lipinski definition) is 2. The molecule has 2 rings (SSSR count). The molecule has 2 N–H and O–H groups in total. The molecule has 2 heterocycles. The van der Waals surface area contributed by atoms with Crippen molar-refractivity contribution < 1.29 is 19.1 Å². The Balaban J connectivity index is 2.20. The SMILES string of the molecule is COC(=O)[C@@H](C)NC(=O)c1cc(OC)nc(N2CCNCC2)n1. The van der Waals surface area contributed by atoms with Gasteiger partial charge in [0.2, 0.25) is 11.8 Å². The highest BCUT2D eigenvalue weighted by atomic mass is 16.5. The van der Waals surface area contributed by atoms with Crippen LogP contribution in [0.5, 0.6) is 5.88 Å². The van der Waals surface area contributed by atoms with E-state index in [4.69, 9.17) is 4.74 Å². The van der Waals surface area contributed by atoms with Crippen LogP contribution in [0.25, 0.3) is 0 Å². The average Bonchev–Trinajstić information content (AvgIpc) is 2.61. The van der Waals surface area contributed by atoms with Crippen molar-refractivity contribution in [3.05, 3.63) is 11.8 Å². The number of ether oxygens (including phenoxy) is 2. The zero-order chi connectivity index (χ0) is 16.8. The maximum absolute atomic E-state index is 12.3. The van der Waals surface area contributed by atoms with Crippen LogP contribution in [0.4, 0.5) is 5.95 Å². The quantitative estimate of drug-likeness (QED) is 0.678. The predicted molar refractivity (Wildman–Crippen MR) is 82.6 cm³/mol. The number of carbonyl (C=O) groups excluding carboxylic acids is 2. The van der Waals surface area contributed by atoms with Gasteiger partial charge in [-0.1, -0.05) is 0 Å². The van der Waals surface area contributed by atoms with E-state index in [1.807, 2.05) is 4.90 Å². The minimum Gasteiger partial charge on any atom is -0.481 e. The topological polar surface area (TPSA) is 106 Å².